The van der Waals surface area contributed by atoms with Gasteiger partial charge in [0.25, 0.3) is 0 Å². The largest absolute Gasteiger partial charge is 0.367 e. The lowest BCUT2D eigenvalue weighted by molar-refractivity contribution is -0.123. The van der Waals surface area contributed by atoms with Crippen molar-refractivity contribution in [2.75, 3.05) is 33.2 Å². The number of carbonyl (C=O) groups excluding carboxylic acids is 1. The number of hydrogen-bond donors (Lipinski definition) is 2. The number of nitrogens with one attached hydrogen (secondary N) is 2. The third kappa shape index (κ3) is 5.69. The number of guanidine groups is 1. The summed E-state index contributed by atoms with van der Waals surface area (Å²) in [6.07, 6.45) is -0.114. The third-order valence-electron chi connectivity index (χ3n) is 4.25. The number of amides is 1. The second kappa shape index (κ2) is 9.52. The third-order valence-corrected chi connectivity index (χ3v) is 4.25. The Bertz CT molecular complexity index is 618. The molecule has 0 radical (unpaired) electrons. The minimum atomic E-state index is -0.254. The average Bonchev–Trinajstić information content (AvgIpc) is 2.61. The van der Waals surface area contributed by atoms with E-state index in [1.807, 2.05) is 20.8 Å². The molecule has 26 heavy (non-hydrogen) atoms. The Morgan fingerprint density at radius 1 is 1.27 bits per heavy atom. The van der Waals surface area contributed by atoms with Crippen LogP contribution in [0.4, 0.5) is 4.39 Å². The zero-order valence-electron chi connectivity index (χ0n) is 16.0. The molecular formula is C19H29FN4O2. The molecule has 1 aliphatic rings. The molecule has 1 aromatic carbocycles. The second-order valence-electron chi connectivity index (χ2n) is 6.81. The van der Waals surface area contributed by atoms with E-state index in [4.69, 9.17) is 4.74 Å². The maximum absolute atomic E-state index is 13.2. The molecule has 0 saturated carbocycles. The molecule has 1 amide bonds. The molecule has 7 heteroatoms. The highest BCUT2D eigenvalue weighted by Gasteiger charge is 2.28. The minimum absolute atomic E-state index is 0.0223. The number of rotatable bonds is 5. The summed E-state index contributed by atoms with van der Waals surface area (Å²) in [5, 5.41) is 6.16. The van der Waals surface area contributed by atoms with Gasteiger partial charge in [-0.1, -0.05) is 26.0 Å². The fourth-order valence-electron chi connectivity index (χ4n) is 2.88. The van der Waals surface area contributed by atoms with E-state index in [9.17, 15) is 9.18 Å². The topological polar surface area (TPSA) is 66.0 Å². The highest BCUT2D eigenvalue weighted by Crippen LogP contribution is 2.25. The van der Waals surface area contributed by atoms with E-state index in [1.165, 1.54) is 12.1 Å². The molecule has 6 nitrogen and oxygen atoms in total. The number of halogens is 1. The molecule has 1 fully saturated rings. The maximum atomic E-state index is 13.2. The number of nitrogens with zero attached hydrogens (tertiary/aromatic N) is 2. The van der Waals surface area contributed by atoms with E-state index in [2.05, 4.69) is 20.5 Å². The molecule has 0 bridgehead atoms. The maximum Gasteiger partial charge on any atom is 0.222 e. The Morgan fingerprint density at radius 2 is 1.92 bits per heavy atom. The van der Waals surface area contributed by atoms with Crippen molar-refractivity contribution in [2.45, 2.75) is 33.0 Å². The average molecular weight is 364 g/mol. The summed E-state index contributed by atoms with van der Waals surface area (Å²) in [5.41, 5.74) is 0.947. The van der Waals surface area contributed by atoms with E-state index >= 15 is 0 Å². The van der Waals surface area contributed by atoms with E-state index in [0.29, 0.717) is 19.6 Å². The van der Waals surface area contributed by atoms with Gasteiger partial charge >= 0.3 is 0 Å². The van der Waals surface area contributed by atoms with Crippen molar-refractivity contribution in [1.82, 2.24) is 15.5 Å². The molecule has 2 N–H and O–H groups in total. The van der Waals surface area contributed by atoms with E-state index < -0.39 is 0 Å². The first-order valence-electron chi connectivity index (χ1n) is 9.05. The molecule has 1 heterocycles. The standard InChI is InChI=1S/C19H29FN4O2/c1-13(2)18(25)22-9-10-23-19(21-4)24-11-14(3)26-17(12-24)15-5-7-16(20)8-6-15/h5-8,13-14,17H,9-12H2,1-4H3,(H,21,23)(H,22,25). The Hall–Kier alpha value is -2.15. The van der Waals surface area contributed by atoms with Crippen LogP contribution in [0, 0.1) is 11.7 Å². The van der Waals surface area contributed by atoms with E-state index in [1.54, 1.807) is 19.2 Å². The van der Waals surface area contributed by atoms with Crippen molar-refractivity contribution in [3.63, 3.8) is 0 Å². The SMILES string of the molecule is CN=C(NCCNC(=O)C(C)C)N1CC(C)OC(c2ccc(F)cc2)C1. The Morgan fingerprint density at radius 3 is 2.54 bits per heavy atom. The lowest BCUT2D eigenvalue weighted by atomic mass is 10.1. The lowest BCUT2D eigenvalue weighted by Gasteiger charge is -2.38. The van der Waals surface area contributed by atoms with Gasteiger partial charge in [-0.25, -0.2) is 4.39 Å². The minimum Gasteiger partial charge on any atom is -0.367 e. The van der Waals surface area contributed by atoms with Crippen LogP contribution in [0.25, 0.3) is 0 Å². The smallest absolute Gasteiger partial charge is 0.222 e. The van der Waals surface area contributed by atoms with Gasteiger partial charge in [-0.3, -0.25) is 9.79 Å². The number of hydrogen-bond acceptors (Lipinski definition) is 3. The van der Waals surface area contributed by atoms with Crippen LogP contribution in [-0.4, -0.2) is 56.1 Å². The molecule has 0 spiro atoms. The first-order chi connectivity index (χ1) is 12.4. The fraction of sp³-hybridized carbons (Fsp3) is 0.579. The number of aliphatic imine (C=N–C) groups is 1. The molecule has 2 rings (SSSR count). The van der Waals surface area contributed by atoms with E-state index in [-0.39, 0.29) is 29.9 Å². The van der Waals surface area contributed by atoms with Crippen molar-refractivity contribution < 1.29 is 13.9 Å². The van der Waals surface area contributed by atoms with Crippen molar-refractivity contribution in [1.29, 1.82) is 0 Å². The monoisotopic (exact) mass is 364 g/mol. The molecule has 2 atom stereocenters. The summed E-state index contributed by atoms with van der Waals surface area (Å²) in [6.45, 7) is 8.23. The Kier molecular flexibility index (Phi) is 7.38. The Labute approximate surface area is 154 Å². The zero-order valence-corrected chi connectivity index (χ0v) is 16.0. The van der Waals surface area contributed by atoms with Gasteiger partial charge in [-0.15, -0.1) is 0 Å². The van der Waals surface area contributed by atoms with E-state index in [0.717, 1.165) is 18.1 Å². The van der Waals surface area contributed by atoms with Gasteiger partial charge in [0.05, 0.1) is 12.6 Å². The van der Waals surface area contributed by atoms with Crippen molar-refractivity contribution >= 4 is 11.9 Å². The molecule has 0 aromatic heterocycles. The van der Waals surface area contributed by atoms with Gasteiger partial charge in [-0.2, -0.15) is 0 Å². The van der Waals surface area contributed by atoms with Crippen LogP contribution in [0.5, 0.6) is 0 Å². The van der Waals surface area contributed by atoms with Gasteiger partial charge < -0.3 is 20.3 Å². The normalized spacial score (nSPS) is 21.0. The quantitative estimate of drug-likeness (QED) is 0.476. The van der Waals surface area contributed by atoms with Crippen LogP contribution >= 0.6 is 0 Å². The first-order valence-corrected chi connectivity index (χ1v) is 9.05. The van der Waals surface area contributed by atoms with Crippen molar-refractivity contribution in [3.05, 3.63) is 35.6 Å². The van der Waals surface area contributed by atoms with Crippen LogP contribution in [0.15, 0.2) is 29.3 Å². The number of ether oxygens (including phenoxy) is 1. The van der Waals surface area contributed by atoms with Crippen LogP contribution in [0.1, 0.15) is 32.4 Å². The summed E-state index contributed by atoms with van der Waals surface area (Å²) in [7, 11) is 1.74. The summed E-state index contributed by atoms with van der Waals surface area (Å²) >= 11 is 0. The molecule has 144 valence electrons. The van der Waals surface area contributed by atoms with Crippen LogP contribution in [0.2, 0.25) is 0 Å². The van der Waals surface area contributed by atoms with Gasteiger partial charge in [0, 0.05) is 32.6 Å². The summed E-state index contributed by atoms with van der Waals surface area (Å²) < 4.78 is 19.2. The molecule has 2 unspecified atom stereocenters. The van der Waals surface area contributed by atoms with Crippen molar-refractivity contribution in [2.24, 2.45) is 10.9 Å². The molecule has 0 aliphatic carbocycles. The highest BCUT2D eigenvalue weighted by atomic mass is 19.1. The zero-order chi connectivity index (χ0) is 19.1. The summed E-state index contributed by atoms with van der Waals surface area (Å²) in [5.74, 6) is 0.533. The van der Waals surface area contributed by atoms with Gasteiger partial charge in [-0.05, 0) is 24.6 Å². The second-order valence-corrected chi connectivity index (χ2v) is 6.81. The van der Waals surface area contributed by atoms with Crippen molar-refractivity contribution in [3.8, 4) is 0 Å². The predicted octanol–water partition coefficient (Wildman–Crippen LogP) is 1.94. The molecular weight excluding hydrogens is 335 g/mol. The fourth-order valence-corrected chi connectivity index (χ4v) is 2.88. The van der Waals surface area contributed by atoms with Gasteiger partial charge in [0.15, 0.2) is 5.96 Å². The number of carbonyl (C=O) groups is 1. The molecule has 1 aromatic rings. The number of benzene rings is 1. The highest BCUT2D eigenvalue weighted by molar-refractivity contribution is 5.80. The lowest BCUT2D eigenvalue weighted by Crippen LogP contribution is -2.51. The van der Waals surface area contributed by atoms with Gasteiger partial charge in [0.1, 0.15) is 11.9 Å². The predicted molar refractivity (Wildman–Crippen MR) is 100 cm³/mol. The first kappa shape index (κ1) is 20.2. The summed E-state index contributed by atoms with van der Waals surface area (Å²) in [4.78, 5) is 18.1. The van der Waals surface area contributed by atoms with Crippen LogP contribution in [0.3, 0.4) is 0 Å². The molecule has 1 saturated heterocycles. The summed E-state index contributed by atoms with van der Waals surface area (Å²) in [6, 6.07) is 6.42. The van der Waals surface area contributed by atoms with Crippen LogP contribution < -0.4 is 10.6 Å². The molecule has 1 aliphatic heterocycles. The van der Waals surface area contributed by atoms with Crippen LogP contribution in [-0.2, 0) is 9.53 Å². The Balaban J connectivity index is 1.92. The number of morpholine rings is 1. The van der Waals surface area contributed by atoms with Gasteiger partial charge in [0.2, 0.25) is 5.91 Å².